The van der Waals surface area contributed by atoms with Crippen LogP contribution in [0.15, 0.2) is 71.2 Å². The number of nitrogens with two attached hydrogens (primary N) is 1. The summed E-state index contributed by atoms with van der Waals surface area (Å²) in [5.74, 6) is -1.26. The number of carbonyl (C=O) groups is 3. The van der Waals surface area contributed by atoms with Crippen molar-refractivity contribution in [1.29, 1.82) is 0 Å². The molecule has 3 aromatic carbocycles. The zero-order chi connectivity index (χ0) is 33.7. The largest absolute Gasteiger partial charge is 0.399 e. The lowest BCUT2D eigenvalue weighted by atomic mass is 9.82. The molecule has 3 heterocycles. The van der Waals surface area contributed by atoms with E-state index in [1.54, 1.807) is 59.3 Å². The van der Waals surface area contributed by atoms with Crippen molar-refractivity contribution in [3.63, 3.8) is 0 Å². The predicted octanol–water partition coefficient (Wildman–Crippen LogP) is 5.98. The maximum absolute atomic E-state index is 16.2. The summed E-state index contributed by atoms with van der Waals surface area (Å²) in [4.78, 5) is 44.2. The topological polar surface area (TPSA) is 125 Å². The summed E-state index contributed by atoms with van der Waals surface area (Å²) in [7, 11) is -3.45. The van der Waals surface area contributed by atoms with Crippen LogP contribution in [-0.2, 0) is 26.5 Å². The van der Waals surface area contributed by atoms with Crippen molar-refractivity contribution in [2.45, 2.75) is 69.1 Å². The fraction of sp³-hybridized carbons (Fsp3) is 0.400. The number of fused-ring (bicyclic) bond motifs is 2. The van der Waals surface area contributed by atoms with Crippen LogP contribution < -0.4 is 16.0 Å². The van der Waals surface area contributed by atoms with Crippen LogP contribution in [-0.4, -0.2) is 61.4 Å². The molecule has 0 bridgehead atoms. The lowest BCUT2D eigenvalue weighted by Crippen LogP contribution is -2.45. The molecule has 12 heteroatoms. The van der Waals surface area contributed by atoms with Crippen molar-refractivity contribution in [2.24, 2.45) is 5.92 Å². The lowest BCUT2D eigenvalue weighted by molar-refractivity contribution is -0.150. The van der Waals surface area contributed by atoms with Crippen molar-refractivity contribution in [2.75, 3.05) is 29.1 Å². The summed E-state index contributed by atoms with van der Waals surface area (Å²) >= 11 is 3.56. The van der Waals surface area contributed by atoms with Gasteiger partial charge < -0.3 is 34.8 Å². The molecule has 9 nitrogen and oxygen atoms in total. The molecule has 2 fully saturated rings. The fourth-order valence-corrected chi connectivity index (χ4v) is 10.6. The average molecular weight is 724 g/mol. The Hall–Kier alpha value is -3.58. The Kier molecular flexibility index (Phi) is 9.07. The molecule has 3 aliphatic rings. The number of rotatable bonds is 8. The highest BCUT2D eigenvalue weighted by molar-refractivity contribution is 9.10. The number of hydrogen-bond donors (Lipinski definition) is 3. The van der Waals surface area contributed by atoms with E-state index < -0.39 is 31.6 Å². The van der Waals surface area contributed by atoms with Crippen LogP contribution in [0.5, 0.6) is 0 Å². The Morgan fingerprint density at radius 3 is 2.49 bits per heavy atom. The predicted molar refractivity (Wildman–Crippen MR) is 185 cm³/mol. The standard InChI is InChI=1S/C35H40BrFN4O5Si/c1-21-32(47(2,3)37)30(18-31(43)40-16-4-5-27(40)20-42)46-35(21)28-17-24(36)10-15-29(28)41(34(35)45)19-22-6-13-26(14-7-22)39-33(44)23-8-11-25(38)12-9-23/h6-15,17,21,27,30,32,42H,4-5,16,18-20,38H2,1-3H3,(H,39,44)/t21-,27-,30+,32-,35+/m0/s1. The van der Waals surface area contributed by atoms with Crippen molar-refractivity contribution < 1.29 is 28.3 Å². The number of aliphatic hydroxyl groups is 1. The first-order valence-corrected chi connectivity index (χ1v) is 19.7. The van der Waals surface area contributed by atoms with Crippen LogP contribution in [0.25, 0.3) is 0 Å². The Bertz CT molecular complexity index is 1680. The number of anilines is 3. The van der Waals surface area contributed by atoms with Gasteiger partial charge in [0, 0.05) is 45.0 Å². The molecule has 0 saturated carbocycles. The zero-order valence-electron chi connectivity index (χ0n) is 26.7. The Labute approximate surface area is 283 Å². The zero-order valence-corrected chi connectivity index (χ0v) is 29.3. The van der Waals surface area contributed by atoms with Crippen LogP contribution in [0.4, 0.5) is 21.2 Å². The number of carbonyl (C=O) groups excluding carboxylic acids is 3. The summed E-state index contributed by atoms with van der Waals surface area (Å²) in [6, 6.07) is 19.3. The number of nitrogens with zero attached hydrogens (tertiary/aromatic N) is 2. The normalized spacial score (nSPS) is 25.4. The minimum atomic E-state index is -3.45. The number of ether oxygens (including phenoxy) is 1. The third kappa shape index (κ3) is 6.12. The first-order valence-electron chi connectivity index (χ1n) is 16.0. The molecule has 3 aliphatic heterocycles. The van der Waals surface area contributed by atoms with Gasteiger partial charge in [0.05, 0.1) is 37.4 Å². The van der Waals surface area contributed by atoms with E-state index in [2.05, 4.69) is 21.2 Å². The van der Waals surface area contributed by atoms with E-state index in [9.17, 15) is 19.5 Å². The van der Waals surface area contributed by atoms with Gasteiger partial charge in [0.2, 0.25) is 14.3 Å². The average Bonchev–Trinajstić information content (AvgIpc) is 3.69. The fourth-order valence-electron chi connectivity index (χ4n) is 7.73. The van der Waals surface area contributed by atoms with E-state index in [-0.39, 0.29) is 43.3 Å². The highest BCUT2D eigenvalue weighted by Gasteiger charge is 2.67. The molecule has 3 aromatic rings. The second-order valence-corrected chi connectivity index (χ2v) is 18.1. The van der Waals surface area contributed by atoms with Gasteiger partial charge in [-0.3, -0.25) is 14.4 Å². The molecule has 248 valence electrons. The second-order valence-electron chi connectivity index (χ2n) is 13.4. The molecule has 1 spiro atoms. The monoisotopic (exact) mass is 722 g/mol. The number of hydrogen-bond acceptors (Lipinski definition) is 6. The molecule has 0 aliphatic carbocycles. The van der Waals surface area contributed by atoms with Crippen molar-refractivity contribution >= 4 is 59.1 Å². The van der Waals surface area contributed by atoms with E-state index in [4.69, 9.17) is 10.5 Å². The highest BCUT2D eigenvalue weighted by atomic mass is 79.9. The highest BCUT2D eigenvalue weighted by Crippen LogP contribution is 2.60. The molecule has 0 aromatic heterocycles. The van der Waals surface area contributed by atoms with Gasteiger partial charge in [0.25, 0.3) is 11.8 Å². The molecule has 3 amide bonds. The van der Waals surface area contributed by atoms with Crippen LogP contribution >= 0.6 is 15.9 Å². The van der Waals surface area contributed by atoms with Crippen LogP contribution in [0, 0.1) is 5.92 Å². The van der Waals surface area contributed by atoms with Gasteiger partial charge in [-0.2, -0.15) is 0 Å². The van der Waals surface area contributed by atoms with Crippen molar-refractivity contribution in [3.05, 3.63) is 87.9 Å². The van der Waals surface area contributed by atoms with E-state index >= 15 is 4.11 Å². The Morgan fingerprint density at radius 2 is 1.83 bits per heavy atom. The minimum Gasteiger partial charge on any atom is -0.399 e. The van der Waals surface area contributed by atoms with E-state index in [0.717, 1.165) is 22.9 Å². The summed E-state index contributed by atoms with van der Waals surface area (Å²) in [6.07, 6.45) is 0.698. The SMILES string of the molecule is C[C@H]1[C@H]([Si](C)(C)F)[C@@H](CC(=O)N2CCC[C@H]2CO)O[C@]12C(=O)N(Cc1ccc(NC(=O)c3ccc(N)cc3)cc1)c1ccc(Br)cc12. The number of nitrogens with one attached hydrogen (secondary N) is 1. The van der Waals surface area contributed by atoms with Gasteiger partial charge in [-0.1, -0.05) is 35.0 Å². The quantitative estimate of drug-likeness (QED) is 0.149. The minimum absolute atomic E-state index is 0.0478. The van der Waals surface area contributed by atoms with Crippen LogP contribution in [0.2, 0.25) is 18.6 Å². The number of halogens is 2. The third-order valence-electron chi connectivity index (χ3n) is 9.93. The molecule has 4 N–H and O–H groups in total. The van der Waals surface area contributed by atoms with Gasteiger partial charge in [0.1, 0.15) is 0 Å². The maximum atomic E-state index is 16.2. The van der Waals surface area contributed by atoms with Crippen molar-refractivity contribution in [1.82, 2.24) is 4.90 Å². The van der Waals surface area contributed by atoms with E-state index in [1.165, 1.54) is 0 Å². The lowest BCUT2D eigenvalue weighted by Gasteiger charge is -2.31. The molecule has 6 rings (SSSR count). The molecular weight excluding hydrogens is 683 g/mol. The van der Waals surface area contributed by atoms with Crippen molar-refractivity contribution in [3.8, 4) is 0 Å². The molecular formula is C35H40BrFN4O5Si. The van der Waals surface area contributed by atoms with Gasteiger partial charge in [-0.25, -0.2) is 0 Å². The molecule has 5 atom stereocenters. The molecule has 0 radical (unpaired) electrons. The first kappa shape index (κ1) is 33.3. The maximum Gasteiger partial charge on any atom is 0.264 e. The first-order chi connectivity index (χ1) is 22.3. The number of nitrogen functional groups attached to an aromatic ring is 1. The van der Waals surface area contributed by atoms with Gasteiger partial charge >= 0.3 is 0 Å². The molecule has 47 heavy (non-hydrogen) atoms. The molecule has 2 saturated heterocycles. The smallest absolute Gasteiger partial charge is 0.264 e. The molecule has 0 unspecified atom stereocenters. The van der Waals surface area contributed by atoms with E-state index in [1.807, 2.05) is 37.3 Å². The Balaban J connectivity index is 1.27. The van der Waals surface area contributed by atoms with E-state index in [0.29, 0.717) is 34.7 Å². The summed E-state index contributed by atoms with van der Waals surface area (Å²) in [5, 5.41) is 12.7. The van der Waals surface area contributed by atoms with Gasteiger partial charge in [-0.05, 0) is 86.1 Å². The van der Waals surface area contributed by atoms with Gasteiger partial charge in [-0.15, -0.1) is 0 Å². The number of benzene rings is 3. The van der Waals surface area contributed by atoms with Gasteiger partial charge in [0.15, 0.2) is 5.60 Å². The number of aliphatic hydroxyl groups excluding tert-OH is 1. The van der Waals surface area contributed by atoms with Crippen LogP contribution in [0.3, 0.4) is 0 Å². The van der Waals surface area contributed by atoms with Crippen LogP contribution in [0.1, 0.15) is 47.7 Å². The summed E-state index contributed by atoms with van der Waals surface area (Å²) in [5.41, 5.74) is 7.48. The number of amides is 3. The number of likely N-dealkylation sites (tertiary alicyclic amines) is 1. The summed E-state index contributed by atoms with van der Waals surface area (Å²) in [6.45, 7) is 5.77. The Morgan fingerprint density at radius 1 is 1.13 bits per heavy atom. The second kappa shape index (κ2) is 12.8. The summed E-state index contributed by atoms with van der Waals surface area (Å²) < 4.78 is 23.7. The third-order valence-corrected chi connectivity index (χ3v) is 12.9.